The molecular formula is C22H37NO5S. The number of nitrogens with zero attached hydrogens (tertiary/aromatic N) is 1. The van der Waals surface area contributed by atoms with Crippen LogP contribution in [0, 0.1) is 0 Å². The van der Waals surface area contributed by atoms with E-state index in [-0.39, 0.29) is 0 Å². The average Bonchev–Trinajstić information content (AvgIpc) is 2.62. The summed E-state index contributed by atoms with van der Waals surface area (Å²) in [6, 6.07) is 0. The molecule has 0 aliphatic carbocycles. The molecule has 7 heteroatoms. The van der Waals surface area contributed by atoms with Crippen LogP contribution in [-0.2, 0) is 19.3 Å². The third-order valence-corrected chi connectivity index (χ3v) is 5.75. The Balaban J connectivity index is 1.87. The summed E-state index contributed by atoms with van der Waals surface area (Å²) in [7, 11) is -3.76. The summed E-state index contributed by atoms with van der Waals surface area (Å²) in [4.78, 5) is 10.4. The maximum absolute atomic E-state index is 11.4. The van der Waals surface area contributed by atoms with Gasteiger partial charge in [-0.15, -0.1) is 4.40 Å². The van der Waals surface area contributed by atoms with E-state index in [1.54, 1.807) is 13.0 Å². The molecule has 0 aromatic carbocycles. The average molecular weight is 428 g/mol. The Kier molecular flexibility index (Phi) is 13.4. The zero-order chi connectivity index (χ0) is 21.4. The van der Waals surface area contributed by atoms with Gasteiger partial charge >= 0.3 is 16.3 Å². The fourth-order valence-corrected chi connectivity index (χ4v) is 4.16. The van der Waals surface area contributed by atoms with Crippen LogP contribution in [0.4, 0.5) is 0 Å². The van der Waals surface area contributed by atoms with Gasteiger partial charge in [0, 0.05) is 6.42 Å². The van der Waals surface area contributed by atoms with Gasteiger partial charge in [0.15, 0.2) is 0 Å². The lowest BCUT2D eigenvalue weighted by molar-refractivity contribution is -0.137. The Morgan fingerprint density at radius 1 is 0.931 bits per heavy atom. The number of aliphatic carboxylic acids is 1. The van der Waals surface area contributed by atoms with Crippen molar-refractivity contribution < 1.29 is 22.5 Å². The number of hydrogen-bond donors (Lipinski definition) is 1. The summed E-state index contributed by atoms with van der Waals surface area (Å²) in [5.41, 5.74) is 0.596. The Labute approximate surface area is 176 Å². The summed E-state index contributed by atoms with van der Waals surface area (Å²) >= 11 is 0. The Bertz CT molecular complexity index is 665. The summed E-state index contributed by atoms with van der Waals surface area (Å²) in [5.74, 6) is -0.304. The second kappa shape index (κ2) is 15.2. The molecule has 0 atom stereocenters. The van der Waals surface area contributed by atoms with Gasteiger partial charge in [-0.3, -0.25) is 4.79 Å². The van der Waals surface area contributed by atoms with E-state index in [2.05, 4.69) is 20.7 Å². The van der Waals surface area contributed by atoms with Gasteiger partial charge in [0.25, 0.3) is 0 Å². The second-order valence-corrected chi connectivity index (χ2v) is 8.88. The number of unbranched alkanes of at least 4 members (excludes halogenated alkanes) is 11. The maximum Gasteiger partial charge on any atom is 0.428 e. The lowest BCUT2D eigenvalue weighted by Crippen LogP contribution is -2.11. The number of carbonyl (C=O) groups is 1. The Morgan fingerprint density at radius 3 is 2.00 bits per heavy atom. The van der Waals surface area contributed by atoms with Gasteiger partial charge in [-0.2, -0.15) is 8.42 Å². The van der Waals surface area contributed by atoms with Crippen LogP contribution in [0.3, 0.4) is 0 Å². The van der Waals surface area contributed by atoms with Crippen LogP contribution in [0.1, 0.15) is 103 Å². The maximum atomic E-state index is 11.4. The summed E-state index contributed by atoms with van der Waals surface area (Å²) < 4.78 is 31.1. The molecule has 0 aromatic heterocycles. The minimum Gasteiger partial charge on any atom is -0.481 e. The summed E-state index contributed by atoms with van der Waals surface area (Å²) in [5, 5.41) is 8.56. The highest BCUT2D eigenvalue weighted by atomic mass is 32.2. The van der Waals surface area contributed by atoms with E-state index in [9.17, 15) is 13.2 Å². The molecule has 0 radical (unpaired) electrons. The molecule has 1 aliphatic heterocycles. The van der Waals surface area contributed by atoms with Crippen molar-refractivity contribution in [3.63, 3.8) is 0 Å². The molecule has 6 nitrogen and oxygen atoms in total. The van der Waals surface area contributed by atoms with Gasteiger partial charge < -0.3 is 9.29 Å². The van der Waals surface area contributed by atoms with Crippen molar-refractivity contribution >= 4 is 22.0 Å². The van der Waals surface area contributed by atoms with Crippen molar-refractivity contribution in [2.45, 2.75) is 103 Å². The first kappa shape index (κ1) is 25.4. The first-order chi connectivity index (χ1) is 13.9. The van der Waals surface area contributed by atoms with Crippen LogP contribution in [-0.4, -0.2) is 25.2 Å². The highest BCUT2D eigenvalue weighted by Gasteiger charge is 2.17. The van der Waals surface area contributed by atoms with Gasteiger partial charge in [0.1, 0.15) is 5.76 Å². The van der Waals surface area contributed by atoms with Crippen LogP contribution >= 0.6 is 0 Å². The van der Waals surface area contributed by atoms with Crippen molar-refractivity contribution in [1.82, 2.24) is 0 Å². The van der Waals surface area contributed by atoms with E-state index in [1.165, 1.54) is 38.5 Å². The molecule has 0 saturated heterocycles. The molecule has 0 spiro atoms. The second-order valence-electron chi connectivity index (χ2n) is 7.68. The van der Waals surface area contributed by atoms with Crippen LogP contribution in [0.25, 0.3) is 0 Å². The number of carboxylic acids is 1. The number of hydrogen-bond acceptors (Lipinski definition) is 4. The van der Waals surface area contributed by atoms with E-state index in [1.807, 2.05) is 0 Å². The van der Waals surface area contributed by atoms with Crippen LogP contribution in [0.15, 0.2) is 28.4 Å². The molecular weight excluding hydrogens is 390 g/mol. The van der Waals surface area contributed by atoms with Crippen LogP contribution in [0.2, 0.25) is 0 Å². The minimum absolute atomic E-state index is 0.298. The Hall–Kier alpha value is -1.63. The van der Waals surface area contributed by atoms with Crippen LogP contribution in [0.5, 0.6) is 0 Å². The monoisotopic (exact) mass is 427 g/mol. The molecule has 1 aliphatic rings. The van der Waals surface area contributed by atoms with Crippen molar-refractivity contribution in [2.24, 2.45) is 4.40 Å². The smallest absolute Gasteiger partial charge is 0.428 e. The summed E-state index contributed by atoms with van der Waals surface area (Å²) in [6.07, 6.45) is 21.7. The number of rotatable bonds is 17. The fourth-order valence-electron chi connectivity index (χ4n) is 3.31. The molecule has 0 amide bonds. The zero-order valence-corrected chi connectivity index (χ0v) is 18.6. The number of allylic oxidation sites excluding steroid dienone is 4. The van der Waals surface area contributed by atoms with Crippen molar-refractivity contribution in [2.75, 3.05) is 0 Å². The largest absolute Gasteiger partial charge is 0.481 e. The van der Waals surface area contributed by atoms with Gasteiger partial charge in [0.05, 0.1) is 5.71 Å². The quantitative estimate of drug-likeness (QED) is 0.224. The van der Waals surface area contributed by atoms with Gasteiger partial charge in [0.2, 0.25) is 0 Å². The number of carboxylic acid groups (broad SMARTS) is 1. The highest BCUT2D eigenvalue weighted by Crippen LogP contribution is 2.16. The predicted molar refractivity (Wildman–Crippen MR) is 117 cm³/mol. The predicted octanol–water partition coefficient (Wildman–Crippen LogP) is 6.10. The SMILES string of the molecule is CC1=CC(CCCCCCCC/C=C\CCCCCCCC(=O)O)=NS(=O)(=O)O1. The van der Waals surface area contributed by atoms with Gasteiger partial charge in [-0.05, 0) is 57.9 Å². The molecule has 1 N–H and O–H groups in total. The molecule has 0 bridgehead atoms. The standard InChI is InChI=1S/C22H37NO5S/c1-20-19-21(23-29(26,27)28-20)17-15-13-11-9-7-5-3-2-4-6-8-10-12-14-16-18-22(24)25/h2,4,19H,3,5-18H2,1H3,(H,24,25)/b4-2-. The third-order valence-electron chi connectivity index (χ3n) is 4.82. The van der Waals surface area contributed by atoms with E-state index < -0.39 is 16.3 Å². The molecule has 0 unspecified atom stereocenters. The minimum atomic E-state index is -3.76. The van der Waals surface area contributed by atoms with E-state index in [4.69, 9.17) is 5.11 Å². The fraction of sp³-hybridized carbons (Fsp3) is 0.727. The first-order valence-electron chi connectivity index (χ1n) is 11.0. The first-order valence-corrected chi connectivity index (χ1v) is 12.3. The van der Waals surface area contributed by atoms with Crippen LogP contribution < -0.4 is 0 Å². The van der Waals surface area contributed by atoms with Gasteiger partial charge in [-0.1, -0.05) is 57.1 Å². The zero-order valence-electron chi connectivity index (χ0n) is 17.8. The molecule has 1 heterocycles. The van der Waals surface area contributed by atoms with E-state index in [0.29, 0.717) is 24.3 Å². The van der Waals surface area contributed by atoms with E-state index >= 15 is 0 Å². The molecule has 29 heavy (non-hydrogen) atoms. The summed E-state index contributed by atoms with van der Waals surface area (Å²) in [6.45, 7) is 1.63. The van der Waals surface area contributed by atoms with Crippen molar-refractivity contribution in [3.05, 3.63) is 24.0 Å². The molecule has 1 rings (SSSR count). The topological polar surface area (TPSA) is 93.0 Å². The van der Waals surface area contributed by atoms with Crippen molar-refractivity contribution in [3.8, 4) is 0 Å². The van der Waals surface area contributed by atoms with E-state index in [0.717, 1.165) is 44.9 Å². The van der Waals surface area contributed by atoms with Gasteiger partial charge in [-0.25, -0.2) is 0 Å². The Morgan fingerprint density at radius 2 is 1.45 bits per heavy atom. The molecule has 166 valence electrons. The lowest BCUT2D eigenvalue weighted by Gasteiger charge is -2.10. The third kappa shape index (κ3) is 14.9. The molecule has 0 aromatic rings. The molecule has 0 saturated carbocycles. The lowest BCUT2D eigenvalue weighted by atomic mass is 10.1. The highest BCUT2D eigenvalue weighted by molar-refractivity contribution is 7.85. The van der Waals surface area contributed by atoms with Crippen molar-refractivity contribution in [1.29, 1.82) is 0 Å². The molecule has 0 fully saturated rings. The normalized spacial score (nSPS) is 15.8.